The molecule has 0 saturated heterocycles. The monoisotopic (exact) mass is 181 g/mol. The van der Waals surface area contributed by atoms with Gasteiger partial charge in [0.05, 0.1) is 0 Å². The van der Waals surface area contributed by atoms with Crippen LogP contribution < -0.4 is 16.6 Å². The fourth-order valence-corrected chi connectivity index (χ4v) is 0.900. The Morgan fingerprint density at radius 3 is 2.92 bits per heavy atom. The second-order valence-corrected chi connectivity index (χ2v) is 2.50. The molecule has 2 amide bonds. The molecule has 0 aromatic heterocycles. The number of hydrogen-bond donors (Lipinski definition) is 4. The summed E-state index contributed by atoms with van der Waals surface area (Å²) in [6.07, 6.45) is 0. The summed E-state index contributed by atoms with van der Waals surface area (Å²) in [5, 5.41) is 11.6. The smallest absolute Gasteiger partial charge is 0.329 e. The van der Waals surface area contributed by atoms with Crippen molar-refractivity contribution in [1.82, 2.24) is 10.7 Å². The Morgan fingerprint density at radius 2 is 2.31 bits per heavy atom. The van der Waals surface area contributed by atoms with Gasteiger partial charge in [0.25, 0.3) is 0 Å². The van der Waals surface area contributed by atoms with Crippen LogP contribution in [0.3, 0.4) is 0 Å². The van der Waals surface area contributed by atoms with Gasteiger partial charge in [0.1, 0.15) is 5.75 Å². The molecule has 0 aliphatic rings. The van der Waals surface area contributed by atoms with Crippen LogP contribution in [0.4, 0.5) is 4.79 Å². The second-order valence-electron chi connectivity index (χ2n) is 2.50. The Labute approximate surface area is 75.5 Å². The minimum atomic E-state index is -0.455. The molecular formula is C8H11N3O2. The maximum atomic E-state index is 10.7. The van der Waals surface area contributed by atoms with E-state index >= 15 is 0 Å². The predicted molar refractivity (Wildman–Crippen MR) is 47.7 cm³/mol. The van der Waals surface area contributed by atoms with E-state index in [1.165, 1.54) is 0 Å². The highest BCUT2D eigenvalue weighted by molar-refractivity contribution is 5.73. The molecule has 0 heterocycles. The summed E-state index contributed by atoms with van der Waals surface area (Å²) in [6.45, 7) is 0.331. The van der Waals surface area contributed by atoms with Crippen LogP contribution in [0.1, 0.15) is 5.56 Å². The lowest BCUT2D eigenvalue weighted by atomic mass is 10.2. The lowest BCUT2D eigenvalue weighted by molar-refractivity contribution is 0.240. The molecule has 5 nitrogen and oxygen atoms in total. The third-order valence-corrected chi connectivity index (χ3v) is 1.49. The minimum Gasteiger partial charge on any atom is -0.508 e. The average molecular weight is 181 g/mol. The van der Waals surface area contributed by atoms with Crippen LogP contribution in [0.2, 0.25) is 0 Å². The van der Waals surface area contributed by atoms with Gasteiger partial charge in [0.2, 0.25) is 0 Å². The van der Waals surface area contributed by atoms with Gasteiger partial charge in [0, 0.05) is 6.54 Å². The van der Waals surface area contributed by atoms with E-state index in [0.29, 0.717) is 6.54 Å². The third-order valence-electron chi connectivity index (χ3n) is 1.49. The second kappa shape index (κ2) is 4.32. The van der Waals surface area contributed by atoms with E-state index < -0.39 is 6.03 Å². The summed E-state index contributed by atoms with van der Waals surface area (Å²) < 4.78 is 0. The maximum absolute atomic E-state index is 10.7. The van der Waals surface area contributed by atoms with Crippen molar-refractivity contribution < 1.29 is 9.90 Å². The fourth-order valence-electron chi connectivity index (χ4n) is 0.900. The lowest BCUT2D eigenvalue weighted by Crippen LogP contribution is -2.39. The molecule has 5 N–H and O–H groups in total. The van der Waals surface area contributed by atoms with E-state index in [-0.39, 0.29) is 5.75 Å². The van der Waals surface area contributed by atoms with Gasteiger partial charge in [-0.2, -0.15) is 0 Å². The average Bonchev–Trinajstić information content (AvgIpc) is 2.14. The van der Waals surface area contributed by atoms with Gasteiger partial charge < -0.3 is 10.4 Å². The summed E-state index contributed by atoms with van der Waals surface area (Å²) in [7, 11) is 0. The number of hydrogen-bond acceptors (Lipinski definition) is 3. The van der Waals surface area contributed by atoms with Crippen molar-refractivity contribution in [3.8, 4) is 5.75 Å². The van der Waals surface area contributed by atoms with Crippen molar-refractivity contribution in [2.75, 3.05) is 0 Å². The van der Waals surface area contributed by atoms with Crippen LogP contribution in [-0.2, 0) is 6.54 Å². The summed E-state index contributed by atoms with van der Waals surface area (Å²) in [5.41, 5.74) is 2.75. The Bertz CT molecular complexity index is 301. The number of carbonyl (C=O) groups is 1. The number of rotatable bonds is 2. The van der Waals surface area contributed by atoms with Crippen molar-refractivity contribution in [3.63, 3.8) is 0 Å². The van der Waals surface area contributed by atoms with E-state index in [1.807, 2.05) is 5.43 Å². The third kappa shape index (κ3) is 3.00. The topological polar surface area (TPSA) is 87.4 Å². The van der Waals surface area contributed by atoms with E-state index in [1.54, 1.807) is 24.3 Å². The largest absolute Gasteiger partial charge is 0.508 e. The number of carbonyl (C=O) groups excluding carboxylic acids is 1. The Morgan fingerprint density at radius 1 is 1.54 bits per heavy atom. The first-order valence-corrected chi connectivity index (χ1v) is 3.74. The first-order chi connectivity index (χ1) is 6.22. The molecule has 0 aliphatic heterocycles. The van der Waals surface area contributed by atoms with Crippen LogP contribution in [0.25, 0.3) is 0 Å². The highest BCUT2D eigenvalue weighted by Crippen LogP contribution is 2.10. The van der Waals surface area contributed by atoms with Gasteiger partial charge in [-0.05, 0) is 17.7 Å². The normalized spacial score (nSPS) is 9.31. The summed E-state index contributed by atoms with van der Waals surface area (Å²) in [5.74, 6) is 5.03. The van der Waals surface area contributed by atoms with Crippen molar-refractivity contribution >= 4 is 6.03 Å². The molecule has 0 spiro atoms. The SMILES string of the molecule is NNC(=O)NCc1cccc(O)c1. The molecule has 1 aromatic carbocycles. The quantitative estimate of drug-likeness (QED) is 0.295. The number of nitrogens with one attached hydrogen (secondary N) is 2. The molecule has 0 radical (unpaired) electrons. The number of benzene rings is 1. The minimum absolute atomic E-state index is 0.174. The zero-order chi connectivity index (χ0) is 9.68. The van der Waals surface area contributed by atoms with Crippen LogP contribution in [0, 0.1) is 0 Å². The Hall–Kier alpha value is -1.75. The number of phenolic OH excluding ortho intramolecular Hbond substituents is 1. The highest BCUT2D eigenvalue weighted by Gasteiger charge is 1.97. The van der Waals surface area contributed by atoms with E-state index in [4.69, 9.17) is 10.9 Å². The molecular weight excluding hydrogens is 170 g/mol. The fraction of sp³-hybridized carbons (Fsp3) is 0.125. The zero-order valence-corrected chi connectivity index (χ0v) is 6.95. The standard InChI is InChI=1S/C8H11N3O2/c9-11-8(13)10-5-6-2-1-3-7(12)4-6/h1-4,12H,5,9H2,(H2,10,11,13). The van der Waals surface area contributed by atoms with Crippen LogP contribution in [0.15, 0.2) is 24.3 Å². The number of amides is 2. The van der Waals surface area contributed by atoms with Crippen LogP contribution in [-0.4, -0.2) is 11.1 Å². The highest BCUT2D eigenvalue weighted by atomic mass is 16.3. The first kappa shape index (κ1) is 9.34. The van der Waals surface area contributed by atoms with Gasteiger partial charge in [-0.25, -0.2) is 10.6 Å². The van der Waals surface area contributed by atoms with Crippen molar-refractivity contribution in [2.45, 2.75) is 6.54 Å². The van der Waals surface area contributed by atoms with E-state index in [9.17, 15) is 4.79 Å². The number of phenols is 1. The summed E-state index contributed by atoms with van der Waals surface area (Å²) >= 11 is 0. The Kier molecular flexibility index (Phi) is 3.10. The number of urea groups is 1. The summed E-state index contributed by atoms with van der Waals surface area (Å²) in [6, 6.07) is 6.16. The Balaban J connectivity index is 2.50. The molecule has 0 bridgehead atoms. The van der Waals surface area contributed by atoms with Crippen molar-refractivity contribution in [1.29, 1.82) is 0 Å². The molecule has 0 fully saturated rings. The van der Waals surface area contributed by atoms with E-state index in [0.717, 1.165) is 5.56 Å². The van der Waals surface area contributed by atoms with Gasteiger partial charge in [0.15, 0.2) is 0 Å². The molecule has 70 valence electrons. The first-order valence-electron chi connectivity index (χ1n) is 3.74. The predicted octanol–water partition coefficient (Wildman–Crippen LogP) is 0.0651. The van der Waals surface area contributed by atoms with Crippen molar-refractivity contribution in [2.24, 2.45) is 5.84 Å². The lowest BCUT2D eigenvalue weighted by Gasteiger charge is -2.03. The van der Waals surface area contributed by atoms with E-state index in [2.05, 4.69) is 5.32 Å². The molecule has 1 aromatic rings. The number of nitrogens with two attached hydrogens (primary N) is 1. The van der Waals surface area contributed by atoms with Gasteiger partial charge in [-0.3, -0.25) is 5.43 Å². The molecule has 0 atom stereocenters. The zero-order valence-electron chi connectivity index (χ0n) is 6.95. The maximum Gasteiger partial charge on any atom is 0.329 e. The molecule has 0 unspecified atom stereocenters. The number of aromatic hydroxyl groups is 1. The summed E-state index contributed by atoms with van der Waals surface area (Å²) in [4.78, 5) is 10.7. The molecule has 13 heavy (non-hydrogen) atoms. The molecule has 1 rings (SSSR count). The van der Waals surface area contributed by atoms with Crippen LogP contribution in [0.5, 0.6) is 5.75 Å². The van der Waals surface area contributed by atoms with Gasteiger partial charge in [-0.1, -0.05) is 12.1 Å². The molecule has 0 aliphatic carbocycles. The molecule has 5 heteroatoms. The number of hydrazine groups is 1. The van der Waals surface area contributed by atoms with Crippen LogP contribution >= 0.6 is 0 Å². The van der Waals surface area contributed by atoms with Gasteiger partial charge >= 0.3 is 6.03 Å². The van der Waals surface area contributed by atoms with Crippen molar-refractivity contribution in [3.05, 3.63) is 29.8 Å². The molecule has 0 saturated carbocycles. The van der Waals surface area contributed by atoms with Gasteiger partial charge in [-0.15, -0.1) is 0 Å².